The summed E-state index contributed by atoms with van der Waals surface area (Å²) in [6.45, 7) is 4.45. The molecule has 0 aliphatic heterocycles. The van der Waals surface area contributed by atoms with Crippen molar-refractivity contribution in [2.45, 2.75) is 20.8 Å². The van der Waals surface area contributed by atoms with Crippen molar-refractivity contribution in [2.24, 2.45) is 0 Å². The molecular formula is C18H19N3O7. The van der Waals surface area contributed by atoms with Crippen molar-refractivity contribution < 1.29 is 28.8 Å². The molecule has 28 heavy (non-hydrogen) atoms. The van der Waals surface area contributed by atoms with Crippen LogP contribution < -0.4 is 5.73 Å². The van der Waals surface area contributed by atoms with Gasteiger partial charge in [-0.3, -0.25) is 14.9 Å². The van der Waals surface area contributed by atoms with Crippen LogP contribution in [0.4, 0.5) is 11.4 Å². The molecule has 0 saturated carbocycles. The van der Waals surface area contributed by atoms with Gasteiger partial charge in [-0.15, -0.1) is 0 Å². The third-order valence-corrected chi connectivity index (χ3v) is 3.99. The number of nitro benzene ring substituents is 1. The first kappa shape index (κ1) is 20.6. The molecule has 0 radical (unpaired) electrons. The van der Waals surface area contributed by atoms with Gasteiger partial charge in [-0.05, 0) is 38.5 Å². The molecule has 0 atom stereocenters. The molecular weight excluding hydrogens is 370 g/mol. The molecule has 1 aromatic heterocycles. The normalized spacial score (nSPS) is 10.4. The second kappa shape index (κ2) is 8.33. The molecule has 0 unspecified atom stereocenters. The number of nitrogens with two attached hydrogens (primary N) is 1. The first-order chi connectivity index (χ1) is 13.2. The lowest BCUT2D eigenvalue weighted by atomic mass is 10.1. The number of carbonyl (C=O) groups excluding carboxylic acids is 3. The topological polar surface area (TPSA) is 155 Å². The highest BCUT2D eigenvalue weighted by atomic mass is 16.6. The smallest absolute Gasteiger partial charge is 0.340 e. The minimum Gasteiger partial charge on any atom is -0.462 e. The molecule has 0 aliphatic carbocycles. The molecule has 0 saturated heterocycles. The van der Waals surface area contributed by atoms with Crippen LogP contribution in [0.1, 0.15) is 49.4 Å². The Hall–Kier alpha value is -3.69. The lowest BCUT2D eigenvalue weighted by molar-refractivity contribution is -0.383. The van der Waals surface area contributed by atoms with E-state index in [9.17, 15) is 24.5 Å². The highest BCUT2D eigenvalue weighted by molar-refractivity contribution is 6.03. The van der Waals surface area contributed by atoms with Gasteiger partial charge in [0.05, 0.1) is 28.4 Å². The molecule has 10 nitrogen and oxygen atoms in total. The van der Waals surface area contributed by atoms with Crippen LogP contribution in [0.3, 0.4) is 0 Å². The zero-order valence-electron chi connectivity index (χ0n) is 15.5. The predicted octanol–water partition coefficient (Wildman–Crippen LogP) is 2.34. The first-order valence-corrected chi connectivity index (χ1v) is 8.27. The quantitative estimate of drug-likeness (QED) is 0.240. The summed E-state index contributed by atoms with van der Waals surface area (Å²) in [4.78, 5) is 49.4. The minimum absolute atomic E-state index is 0.0957. The van der Waals surface area contributed by atoms with E-state index in [1.807, 2.05) is 0 Å². The number of hydrogen-bond acceptors (Lipinski definition) is 8. The van der Waals surface area contributed by atoms with E-state index in [1.54, 1.807) is 20.8 Å². The zero-order valence-corrected chi connectivity index (χ0v) is 15.5. The van der Waals surface area contributed by atoms with Crippen molar-refractivity contribution in [1.29, 1.82) is 0 Å². The third kappa shape index (κ3) is 4.17. The predicted molar refractivity (Wildman–Crippen MR) is 98.3 cm³/mol. The molecule has 0 spiro atoms. The molecule has 148 valence electrons. The number of Topliss-reactive ketones (excluding diaryl/α,β-unsaturated/α-hetero) is 1. The van der Waals surface area contributed by atoms with E-state index in [0.717, 1.165) is 6.07 Å². The third-order valence-electron chi connectivity index (χ3n) is 3.99. The van der Waals surface area contributed by atoms with Crippen molar-refractivity contribution in [3.8, 4) is 0 Å². The second-order valence-corrected chi connectivity index (χ2v) is 5.88. The number of benzene rings is 1. The maximum Gasteiger partial charge on any atom is 0.340 e. The van der Waals surface area contributed by atoms with Gasteiger partial charge in [0.2, 0.25) is 5.78 Å². The van der Waals surface area contributed by atoms with Gasteiger partial charge < -0.3 is 20.2 Å². The molecule has 3 N–H and O–H groups in total. The number of esters is 2. The van der Waals surface area contributed by atoms with Crippen LogP contribution in [0.5, 0.6) is 0 Å². The summed E-state index contributed by atoms with van der Waals surface area (Å²) in [5.74, 6) is -2.03. The Balaban J connectivity index is 2.13. The molecule has 2 aromatic rings. The maximum atomic E-state index is 12.4. The molecule has 0 bridgehead atoms. The highest BCUT2D eigenvalue weighted by Crippen LogP contribution is 2.23. The average Bonchev–Trinajstić information content (AvgIpc) is 2.94. The van der Waals surface area contributed by atoms with Gasteiger partial charge in [0.15, 0.2) is 6.61 Å². The van der Waals surface area contributed by atoms with E-state index in [-0.39, 0.29) is 29.1 Å². The van der Waals surface area contributed by atoms with Crippen molar-refractivity contribution in [3.63, 3.8) is 0 Å². The number of ketones is 1. The molecule has 1 heterocycles. The van der Waals surface area contributed by atoms with E-state index in [1.165, 1.54) is 12.1 Å². The number of hydrogen-bond donors (Lipinski definition) is 2. The van der Waals surface area contributed by atoms with E-state index < -0.39 is 34.9 Å². The van der Waals surface area contributed by atoms with Gasteiger partial charge in [0.25, 0.3) is 5.69 Å². The van der Waals surface area contributed by atoms with E-state index in [4.69, 9.17) is 15.2 Å². The minimum atomic E-state index is -0.914. The van der Waals surface area contributed by atoms with Gasteiger partial charge in [0, 0.05) is 11.8 Å². The van der Waals surface area contributed by atoms with Crippen LogP contribution >= 0.6 is 0 Å². The number of ether oxygens (including phenoxy) is 2. The Morgan fingerprint density at radius 2 is 1.86 bits per heavy atom. The van der Waals surface area contributed by atoms with Gasteiger partial charge in [0.1, 0.15) is 5.69 Å². The standard InChI is InChI=1S/C18H19N3O7/c1-4-27-18(24)15-9(2)16(20-10(15)3)14(22)8-28-17(23)11-5-6-12(19)13(7-11)21(25)26/h5-7,20H,4,8,19H2,1-3H3. The number of aromatic nitrogens is 1. The fourth-order valence-corrected chi connectivity index (χ4v) is 2.65. The van der Waals surface area contributed by atoms with Gasteiger partial charge in [-0.2, -0.15) is 0 Å². The van der Waals surface area contributed by atoms with E-state index in [0.29, 0.717) is 11.3 Å². The van der Waals surface area contributed by atoms with E-state index >= 15 is 0 Å². The number of nitrogens with zero attached hydrogens (tertiary/aromatic N) is 1. The van der Waals surface area contributed by atoms with Crippen LogP contribution in [0.2, 0.25) is 0 Å². The van der Waals surface area contributed by atoms with Crippen LogP contribution in [0.15, 0.2) is 18.2 Å². The van der Waals surface area contributed by atoms with Crippen molar-refractivity contribution in [3.05, 3.63) is 56.4 Å². The first-order valence-electron chi connectivity index (χ1n) is 8.27. The number of nitro groups is 1. The lowest BCUT2D eigenvalue weighted by Crippen LogP contribution is -2.16. The number of H-pyrrole nitrogens is 1. The summed E-state index contributed by atoms with van der Waals surface area (Å²) >= 11 is 0. The van der Waals surface area contributed by atoms with Crippen LogP contribution in [-0.2, 0) is 9.47 Å². The number of nitrogen functional groups attached to an aromatic ring is 1. The number of rotatable bonds is 7. The maximum absolute atomic E-state index is 12.4. The Morgan fingerprint density at radius 1 is 1.18 bits per heavy atom. The summed E-state index contributed by atoms with van der Waals surface area (Å²) in [6.07, 6.45) is 0. The molecule has 0 aliphatic rings. The molecule has 1 aromatic carbocycles. The fraction of sp³-hybridized carbons (Fsp3) is 0.278. The van der Waals surface area contributed by atoms with Crippen LogP contribution in [0, 0.1) is 24.0 Å². The summed E-state index contributed by atoms with van der Waals surface area (Å²) in [5.41, 5.74) is 6.06. The van der Waals surface area contributed by atoms with Crippen molar-refractivity contribution >= 4 is 29.1 Å². The van der Waals surface area contributed by atoms with Gasteiger partial charge >= 0.3 is 11.9 Å². The Bertz CT molecular complexity index is 962. The van der Waals surface area contributed by atoms with Gasteiger partial charge in [-0.25, -0.2) is 9.59 Å². The Labute approximate surface area is 159 Å². The number of anilines is 1. The van der Waals surface area contributed by atoms with Gasteiger partial charge in [-0.1, -0.05) is 0 Å². The highest BCUT2D eigenvalue weighted by Gasteiger charge is 2.24. The Kier molecular flexibility index (Phi) is 6.14. The lowest BCUT2D eigenvalue weighted by Gasteiger charge is -2.05. The number of aryl methyl sites for hydroxylation is 1. The number of aromatic amines is 1. The summed E-state index contributed by atoms with van der Waals surface area (Å²) in [7, 11) is 0. The monoisotopic (exact) mass is 389 g/mol. The average molecular weight is 389 g/mol. The fourth-order valence-electron chi connectivity index (χ4n) is 2.65. The Morgan fingerprint density at radius 3 is 2.46 bits per heavy atom. The molecule has 10 heteroatoms. The van der Waals surface area contributed by atoms with Crippen LogP contribution in [-0.4, -0.2) is 40.8 Å². The second-order valence-electron chi connectivity index (χ2n) is 5.88. The number of nitrogens with one attached hydrogen (secondary N) is 1. The molecule has 0 fully saturated rings. The zero-order chi connectivity index (χ0) is 21.0. The summed E-state index contributed by atoms with van der Waals surface area (Å²) < 4.78 is 9.90. The van der Waals surface area contributed by atoms with Crippen LogP contribution in [0.25, 0.3) is 0 Å². The molecule has 2 rings (SSSR count). The largest absolute Gasteiger partial charge is 0.462 e. The summed E-state index contributed by atoms with van der Waals surface area (Å²) in [5, 5.41) is 10.9. The van der Waals surface area contributed by atoms with Crippen molar-refractivity contribution in [2.75, 3.05) is 18.9 Å². The van der Waals surface area contributed by atoms with Crippen molar-refractivity contribution in [1.82, 2.24) is 4.98 Å². The van der Waals surface area contributed by atoms with E-state index in [2.05, 4.69) is 4.98 Å². The summed E-state index contributed by atoms with van der Waals surface area (Å²) in [6, 6.07) is 3.45. The number of carbonyl (C=O) groups is 3. The SMILES string of the molecule is CCOC(=O)c1c(C)[nH]c(C(=O)COC(=O)c2ccc(N)c([N+](=O)[O-])c2)c1C. The molecule has 0 amide bonds.